The van der Waals surface area contributed by atoms with E-state index in [0.717, 1.165) is 15.9 Å². The average Bonchev–Trinajstić information content (AvgIpc) is 2.36. The van der Waals surface area contributed by atoms with Gasteiger partial charge in [-0.1, -0.05) is 23.7 Å². The van der Waals surface area contributed by atoms with Gasteiger partial charge in [0.15, 0.2) is 0 Å². The molecule has 0 fully saturated rings. The molecule has 5 heteroatoms. The van der Waals surface area contributed by atoms with Crippen LogP contribution >= 0.6 is 27.5 Å². The van der Waals surface area contributed by atoms with Crippen LogP contribution in [-0.2, 0) is 6.54 Å². The minimum atomic E-state index is 0.525. The van der Waals surface area contributed by atoms with Gasteiger partial charge in [0.05, 0.1) is 15.2 Å². The normalized spacial score (nSPS) is 10.4. The van der Waals surface area contributed by atoms with E-state index < -0.39 is 0 Å². The number of pyridine rings is 1. The summed E-state index contributed by atoms with van der Waals surface area (Å²) in [7, 11) is 1.85. The van der Waals surface area contributed by atoms with E-state index in [1.807, 2.05) is 31.3 Å². The minimum absolute atomic E-state index is 0.525. The van der Waals surface area contributed by atoms with Gasteiger partial charge in [-0.25, -0.2) is 4.98 Å². The van der Waals surface area contributed by atoms with Crippen molar-refractivity contribution in [3.8, 4) is 11.6 Å². The van der Waals surface area contributed by atoms with Crippen molar-refractivity contribution in [2.24, 2.45) is 0 Å². The highest BCUT2D eigenvalue weighted by molar-refractivity contribution is 9.10. The third-order valence-electron chi connectivity index (χ3n) is 2.29. The predicted octanol–water partition coefficient (Wildman–Crippen LogP) is 4.01. The summed E-state index contributed by atoms with van der Waals surface area (Å²) in [6.45, 7) is 0.603. The lowest BCUT2D eigenvalue weighted by Gasteiger charge is -2.09. The Kier molecular flexibility index (Phi) is 4.58. The first kappa shape index (κ1) is 13.3. The Morgan fingerprint density at radius 3 is 2.78 bits per heavy atom. The summed E-state index contributed by atoms with van der Waals surface area (Å²) in [5.41, 5.74) is 0.767. The molecule has 1 N–H and O–H groups in total. The molecule has 1 aromatic heterocycles. The van der Waals surface area contributed by atoms with E-state index in [0.29, 0.717) is 17.4 Å². The smallest absolute Gasteiger partial charge is 0.219 e. The molecule has 0 spiro atoms. The number of hydrogen-bond donors (Lipinski definition) is 1. The van der Waals surface area contributed by atoms with Gasteiger partial charge in [-0.2, -0.15) is 0 Å². The van der Waals surface area contributed by atoms with Gasteiger partial charge < -0.3 is 10.1 Å². The first-order chi connectivity index (χ1) is 8.70. The maximum Gasteiger partial charge on any atom is 0.219 e. The van der Waals surface area contributed by atoms with Gasteiger partial charge in [-0.05, 0) is 41.2 Å². The molecule has 0 saturated heterocycles. The van der Waals surface area contributed by atoms with E-state index in [1.54, 1.807) is 12.1 Å². The van der Waals surface area contributed by atoms with Crippen molar-refractivity contribution in [3.63, 3.8) is 0 Å². The largest absolute Gasteiger partial charge is 0.438 e. The molecule has 0 amide bonds. The van der Waals surface area contributed by atoms with E-state index in [4.69, 9.17) is 16.3 Å². The van der Waals surface area contributed by atoms with Crippen molar-refractivity contribution in [3.05, 3.63) is 51.6 Å². The molecule has 1 heterocycles. The monoisotopic (exact) mass is 326 g/mol. The SMILES string of the molecule is CNCc1nc(Oc2ccccc2Br)ccc1Cl. The fraction of sp³-hybridized carbons (Fsp3) is 0.154. The number of halogens is 2. The van der Waals surface area contributed by atoms with Gasteiger partial charge in [0, 0.05) is 12.6 Å². The van der Waals surface area contributed by atoms with Crippen LogP contribution in [0.15, 0.2) is 40.9 Å². The Hall–Kier alpha value is -1.10. The lowest BCUT2D eigenvalue weighted by molar-refractivity contribution is 0.457. The Balaban J connectivity index is 2.24. The molecule has 2 aromatic rings. The van der Waals surface area contributed by atoms with E-state index in [-0.39, 0.29) is 0 Å². The molecule has 18 heavy (non-hydrogen) atoms. The van der Waals surface area contributed by atoms with E-state index >= 15 is 0 Å². The van der Waals surface area contributed by atoms with Gasteiger partial charge in [0.25, 0.3) is 0 Å². The third kappa shape index (κ3) is 3.22. The number of ether oxygens (including phenoxy) is 1. The van der Waals surface area contributed by atoms with Crippen molar-refractivity contribution >= 4 is 27.5 Å². The molecule has 0 bridgehead atoms. The number of hydrogen-bond acceptors (Lipinski definition) is 3. The van der Waals surface area contributed by atoms with Crippen molar-refractivity contribution in [1.29, 1.82) is 0 Å². The van der Waals surface area contributed by atoms with Crippen molar-refractivity contribution in [2.75, 3.05) is 7.05 Å². The quantitative estimate of drug-likeness (QED) is 0.921. The maximum absolute atomic E-state index is 6.04. The fourth-order valence-electron chi connectivity index (χ4n) is 1.45. The summed E-state index contributed by atoms with van der Waals surface area (Å²) < 4.78 is 6.59. The highest BCUT2D eigenvalue weighted by Crippen LogP contribution is 2.29. The fourth-order valence-corrected chi connectivity index (χ4v) is 1.99. The van der Waals surface area contributed by atoms with Crippen molar-refractivity contribution < 1.29 is 4.74 Å². The Bertz CT molecular complexity index is 548. The van der Waals surface area contributed by atoms with Crippen LogP contribution in [0.3, 0.4) is 0 Å². The second kappa shape index (κ2) is 6.18. The standard InChI is InChI=1S/C13H12BrClN2O/c1-16-8-11-10(15)6-7-13(17-11)18-12-5-3-2-4-9(12)14/h2-7,16H,8H2,1H3. The summed E-state index contributed by atoms with van der Waals surface area (Å²) in [4.78, 5) is 4.36. The van der Waals surface area contributed by atoms with Crippen LogP contribution in [0.1, 0.15) is 5.69 Å². The molecule has 0 aliphatic carbocycles. The second-order valence-corrected chi connectivity index (χ2v) is 4.90. The van der Waals surface area contributed by atoms with Crippen LogP contribution in [0.25, 0.3) is 0 Å². The number of para-hydroxylation sites is 1. The molecular formula is C13H12BrClN2O. The number of nitrogens with zero attached hydrogens (tertiary/aromatic N) is 1. The average molecular weight is 328 g/mol. The van der Waals surface area contributed by atoms with Crippen LogP contribution < -0.4 is 10.1 Å². The second-order valence-electron chi connectivity index (χ2n) is 3.64. The molecule has 0 unspecified atom stereocenters. The Morgan fingerprint density at radius 1 is 1.28 bits per heavy atom. The topological polar surface area (TPSA) is 34.2 Å². The number of nitrogens with one attached hydrogen (secondary N) is 1. The van der Waals surface area contributed by atoms with Crippen LogP contribution in [-0.4, -0.2) is 12.0 Å². The lowest BCUT2D eigenvalue weighted by Crippen LogP contribution is -2.07. The van der Waals surface area contributed by atoms with E-state index in [2.05, 4.69) is 26.2 Å². The summed E-state index contributed by atoms with van der Waals surface area (Å²) in [5.74, 6) is 1.25. The van der Waals surface area contributed by atoms with Crippen molar-refractivity contribution in [1.82, 2.24) is 10.3 Å². The van der Waals surface area contributed by atoms with Gasteiger partial charge in [0.2, 0.25) is 5.88 Å². The Morgan fingerprint density at radius 2 is 2.06 bits per heavy atom. The molecule has 0 aliphatic heterocycles. The summed E-state index contributed by atoms with van der Waals surface area (Å²) in [6.07, 6.45) is 0. The zero-order chi connectivity index (χ0) is 13.0. The van der Waals surface area contributed by atoms with Crippen LogP contribution in [0.4, 0.5) is 0 Å². The van der Waals surface area contributed by atoms with E-state index in [9.17, 15) is 0 Å². The van der Waals surface area contributed by atoms with Crippen molar-refractivity contribution in [2.45, 2.75) is 6.54 Å². The highest BCUT2D eigenvalue weighted by Gasteiger charge is 2.06. The minimum Gasteiger partial charge on any atom is -0.438 e. The highest BCUT2D eigenvalue weighted by atomic mass is 79.9. The molecule has 0 saturated carbocycles. The zero-order valence-electron chi connectivity index (χ0n) is 9.78. The lowest BCUT2D eigenvalue weighted by atomic mass is 10.3. The molecule has 3 nitrogen and oxygen atoms in total. The third-order valence-corrected chi connectivity index (χ3v) is 3.29. The molecule has 1 aromatic carbocycles. The molecule has 0 aliphatic rings. The summed E-state index contributed by atoms with van der Waals surface area (Å²) >= 11 is 9.47. The molecule has 94 valence electrons. The van der Waals surface area contributed by atoms with Gasteiger partial charge in [-0.3, -0.25) is 0 Å². The summed E-state index contributed by atoms with van der Waals surface area (Å²) in [5, 5.41) is 3.64. The number of aromatic nitrogens is 1. The first-order valence-corrected chi connectivity index (χ1v) is 6.60. The maximum atomic E-state index is 6.04. The van der Waals surface area contributed by atoms with E-state index in [1.165, 1.54) is 0 Å². The molecule has 2 rings (SSSR count). The number of rotatable bonds is 4. The van der Waals surface area contributed by atoms with Crippen LogP contribution in [0.5, 0.6) is 11.6 Å². The number of benzene rings is 1. The summed E-state index contributed by atoms with van der Waals surface area (Å²) in [6, 6.07) is 11.2. The van der Waals surface area contributed by atoms with Gasteiger partial charge >= 0.3 is 0 Å². The first-order valence-electron chi connectivity index (χ1n) is 5.43. The van der Waals surface area contributed by atoms with Crippen LogP contribution in [0.2, 0.25) is 5.02 Å². The zero-order valence-corrected chi connectivity index (χ0v) is 12.1. The Labute approximate surface area is 119 Å². The van der Waals surface area contributed by atoms with Gasteiger partial charge in [0.1, 0.15) is 5.75 Å². The molecule has 0 atom stereocenters. The molecule has 0 radical (unpaired) electrons. The van der Waals surface area contributed by atoms with Crippen LogP contribution in [0, 0.1) is 0 Å². The predicted molar refractivity (Wildman–Crippen MR) is 76.2 cm³/mol. The molecular weight excluding hydrogens is 316 g/mol. The van der Waals surface area contributed by atoms with Gasteiger partial charge in [-0.15, -0.1) is 0 Å².